The summed E-state index contributed by atoms with van der Waals surface area (Å²) in [5.74, 6) is -0.660. The summed E-state index contributed by atoms with van der Waals surface area (Å²) in [5, 5.41) is 19.9. The Labute approximate surface area is 158 Å². The number of aliphatic hydroxyl groups is 1. The lowest BCUT2D eigenvalue weighted by atomic mass is 10.1. The van der Waals surface area contributed by atoms with Gasteiger partial charge in [0.15, 0.2) is 11.6 Å². The zero-order valence-electron chi connectivity index (χ0n) is 15.4. The monoisotopic (exact) mass is 390 g/mol. The molecule has 0 saturated heterocycles. The molecule has 1 aromatic carbocycles. The number of aromatic nitrogens is 6. The van der Waals surface area contributed by atoms with Crippen LogP contribution in [0.15, 0.2) is 29.2 Å². The fraction of sp³-hybridized carbons (Fsp3) is 0.312. The number of benzene rings is 1. The number of hydrogen-bond donors (Lipinski definition) is 3. The van der Waals surface area contributed by atoms with Gasteiger partial charge >= 0.3 is 5.69 Å². The molecule has 3 aromatic rings. The fourth-order valence-electron chi connectivity index (χ4n) is 2.21. The van der Waals surface area contributed by atoms with Crippen molar-refractivity contribution < 1.29 is 14.2 Å². The second-order valence-electron chi connectivity index (χ2n) is 6.55. The van der Waals surface area contributed by atoms with Crippen molar-refractivity contribution in [2.24, 2.45) is 7.05 Å². The first-order chi connectivity index (χ1) is 13.2. The van der Waals surface area contributed by atoms with Gasteiger partial charge in [-0.2, -0.15) is 14.3 Å². The molecule has 0 radical (unpaired) electrons. The third kappa shape index (κ3) is 3.91. The minimum Gasteiger partial charge on any atom is -0.483 e. The molecule has 0 spiro atoms. The number of rotatable bonds is 6. The maximum Gasteiger partial charge on any atom is 0.368 e. The molecule has 0 atom stereocenters. The zero-order valence-corrected chi connectivity index (χ0v) is 15.4. The standard InChI is InChI=1S/C16H19FN8O3/c1-16(2,8-26)28-12-5-4-9(20-14-19-7-10(17)13(18)21-14)6-11(12)25-15(27)24(3)22-23-25/h4-7,26H,8H2,1-3H3,(H3,18,19,20,21). The van der Waals surface area contributed by atoms with Crippen molar-refractivity contribution in [3.8, 4) is 11.4 Å². The molecule has 0 bridgehead atoms. The zero-order chi connectivity index (χ0) is 20.5. The number of aryl methyl sites for hydroxylation is 1. The number of halogens is 1. The van der Waals surface area contributed by atoms with E-state index >= 15 is 0 Å². The van der Waals surface area contributed by atoms with Crippen LogP contribution in [-0.2, 0) is 7.05 Å². The second-order valence-corrected chi connectivity index (χ2v) is 6.55. The van der Waals surface area contributed by atoms with Crippen LogP contribution in [0.3, 0.4) is 0 Å². The molecule has 12 heteroatoms. The molecule has 11 nitrogen and oxygen atoms in total. The van der Waals surface area contributed by atoms with Gasteiger partial charge in [0.2, 0.25) is 5.95 Å². The summed E-state index contributed by atoms with van der Waals surface area (Å²) < 4.78 is 21.2. The lowest BCUT2D eigenvalue weighted by molar-refractivity contribution is 0.0411. The number of tetrazole rings is 1. The van der Waals surface area contributed by atoms with Crippen LogP contribution in [0.5, 0.6) is 5.75 Å². The van der Waals surface area contributed by atoms with Gasteiger partial charge in [-0.1, -0.05) is 0 Å². The van der Waals surface area contributed by atoms with E-state index in [1.807, 2.05) is 0 Å². The number of nitrogens with zero attached hydrogens (tertiary/aromatic N) is 6. The van der Waals surface area contributed by atoms with Crippen molar-refractivity contribution in [3.05, 3.63) is 40.7 Å². The highest BCUT2D eigenvalue weighted by atomic mass is 19.1. The predicted molar refractivity (Wildman–Crippen MR) is 98.1 cm³/mol. The Morgan fingerprint density at radius 2 is 2.11 bits per heavy atom. The van der Waals surface area contributed by atoms with Crippen LogP contribution in [-0.4, -0.2) is 47.1 Å². The summed E-state index contributed by atoms with van der Waals surface area (Å²) >= 11 is 0. The summed E-state index contributed by atoms with van der Waals surface area (Å²) in [6, 6.07) is 4.78. The van der Waals surface area contributed by atoms with E-state index in [-0.39, 0.29) is 24.1 Å². The van der Waals surface area contributed by atoms with E-state index in [0.29, 0.717) is 11.4 Å². The van der Waals surface area contributed by atoms with Crippen molar-refractivity contribution in [2.45, 2.75) is 19.4 Å². The summed E-state index contributed by atoms with van der Waals surface area (Å²) in [7, 11) is 1.46. The van der Waals surface area contributed by atoms with Gasteiger partial charge < -0.3 is 20.9 Å². The SMILES string of the molecule is Cn1nnn(-c2cc(Nc3ncc(F)c(N)n3)ccc2OC(C)(C)CO)c1=O. The molecule has 0 aliphatic rings. The first-order valence-electron chi connectivity index (χ1n) is 8.18. The Morgan fingerprint density at radius 3 is 2.71 bits per heavy atom. The molecule has 0 unspecified atom stereocenters. The molecule has 0 aliphatic heterocycles. The highest BCUT2D eigenvalue weighted by molar-refractivity contribution is 5.62. The summed E-state index contributed by atoms with van der Waals surface area (Å²) in [5.41, 5.74) is 4.80. The van der Waals surface area contributed by atoms with Gasteiger partial charge in [0.05, 0.1) is 12.8 Å². The maximum absolute atomic E-state index is 13.2. The lowest BCUT2D eigenvalue weighted by Crippen LogP contribution is -2.33. The van der Waals surface area contributed by atoms with Crippen molar-refractivity contribution >= 4 is 17.5 Å². The topological polar surface area (TPSA) is 146 Å². The van der Waals surface area contributed by atoms with E-state index in [0.717, 1.165) is 15.6 Å². The van der Waals surface area contributed by atoms with Crippen LogP contribution in [0.2, 0.25) is 0 Å². The summed E-state index contributed by atoms with van der Waals surface area (Å²) in [6.07, 6.45) is 0.944. The van der Waals surface area contributed by atoms with Crippen molar-refractivity contribution in [3.63, 3.8) is 0 Å². The molecule has 148 valence electrons. The van der Waals surface area contributed by atoms with Gasteiger partial charge in [-0.15, -0.1) is 0 Å². The normalized spacial score (nSPS) is 11.5. The molecule has 0 saturated carbocycles. The molecule has 0 amide bonds. The van der Waals surface area contributed by atoms with Gasteiger partial charge in [0, 0.05) is 12.7 Å². The van der Waals surface area contributed by atoms with Crippen LogP contribution in [0, 0.1) is 5.82 Å². The minimum atomic E-state index is -0.899. The van der Waals surface area contributed by atoms with Crippen LogP contribution < -0.4 is 21.5 Å². The highest BCUT2D eigenvalue weighted by Crippen LogP contribution is 2.29. The van der Waals surface area contributed by atoms with E-state index in [4.69, 9.17) is 10.5 Å². The smallest absolute Gasteiger partial charge is 0.368 e. The van der Waals surface area contributed by atoms with E-state index in [2.05, 4.69) is 25.7 Å². The molecule has 0 aliphatic carbocycles. The van der Waals surface area contributed by atoms with Crippen molar-refractivity contribution in [1.82, 2.24) is 29.8 Å². The van der Waals surface area contributed by atoms with Crippen molar-refractivity contribution in [1.29, 1.82) is 0 Å². The van der Waals surface area contributed by atoms with Gasteiger partial charge in [0.25, 0.3) is 0 Å². The predicted octanol–water partition coefficient (Wildman–Crippen LogP) is 0.371. The fourth-order valence-corrected chi connectivity index (χ4v) is 2.21. The summed E-state index contributed by atoms with van der Waals surface area (Å²) in [4.78, 5) is 19.9. The third-order valence-corrected chi connectivity index (χ3v) is 3.70. The summed E-state index contributed by atoms with van der Waals surface area (Å²) in [6.45, 7) is 3.14. The Morgan fingerprint density at radius 1 is 1.36 bits per heavy atom. The molecule has 2 aromatic heterocycles. The number of hydrogen-bond acceptors (Lipinski definition) is 9. The van der Waals surface area contributed by atoms with Gasteiger partial charge in [-0.25, -0.2) is 14.2 Å². The Hall–Kier alpha value is -3.54. The number of nitrogens with two attached hydrogens (primary N) is 1. The first kappa shape index (κ1) is 19.2. The number of anilines is 3. The molecule has 4 N–H and O–H groups in total. The average molecular weight is 390 g/mol. The number of aliphatic hydroxyl groups excluding tert-OH is 1. The average Bonchev–Trinajstić information content (AvgIpc) is 2.98. The quantitative estimate of drug-likeness (QED) is 0.543. The van der Waals surface area contributed by atoms with Crippen LogP contribution in [0.25, 0.3) is 5.69 Å². The molecule has 2 heterocycles. The van der Waals surface area contributed by atoms with Crippen LogP contribution in [0.4, 0.5) is 21.8 Å². The van der Waals surface area contributed by atoms with Gasteiger partial charge in [-0.3, -0.25) is 0 Å². The minimum absolute atomic E-state index is 0.0701. The van der Waals surface area contributed by atoms with E-state index < -0.39 is 17.1 Å². The Kier molecular flexibility index (Phi) is 4.96. The number of ether oxygens (including phenoxy) is 1. The number of nitrogen functional groups attached to an aromatic ring is 1. The lowest BCUT2D eigenvalue weighted by Gasteiger charge is -2.25. The number of nitrogens with one attached hydrogen (secondary N) is 1. The second kappa shape index (κ2) is 7.23. The molecular formula is C16H19FN8O3. The van der Waals surface area contributed by atoms with Gasteiger partial charge in [-0.05, 0) is 42.5 Å². The molecule has 3 rings (SSSR count). The van der Waals surface area contributed by atoms with Gasteiger partial charge in [0.1, 0.15) is 17.0 Å². The van der Waals surface area contributed by atoms with E-state index in [9.17, 15) is 14.3 Å². The first-order valence-corrected chi connectivity index (χ1v) is 8.18. The molecule has 28 heavy (non-hydrogen) atoms. The van der Waals surface area contributed by atoms with E-state index in [1.54, 1.807) is 32.0 Å². The van der Waals surface area contributed by atoms with Crippen LogP contribution in [0.1, 0.15) is 13.8 Å². The van der Waals surface area contributed by atoms with Crippen molar-refractivity contribution in [2.75, 3.05) is 17.7 Å². The van der Waals surface area contributed by atoms with Crippen LogP contribution >= 0.6 is 0 Å². The molecule has 0 fully saturated rings. The Balaban J connectivity index is 2.04. The Bertz CT molecular complexity index is 1060. The molecular weight excluding hydrogens is 371 g/mol. The highest BCUT2D eigenvalue weighted by Gasteiger charge is 2.22. The maximum atomic E-state index is 13.2. The largest absolute Gasteiger partial charge is 0.483 e. The van der Waals surface area contributed by atoms with E-state index in [1.165, 1.54) is 7.05 Å². The third-order valence-electron chi connectivity index (χ3n) is 3.70.